The Bertz CT molecular complexity index is 1880. The number of amides is 2. The van der Waals surface area contributed by atoms with Gasteiger partial charge in [-0.1, -0.05) is 24.3 Å². The summed E-state index contributed by atoms with van der Waals surface area (Å²) in [6, 6.07) is 24.8. The largest absolute Gasteiger partial charge is 0.480 e. The topological polar surface area (TPSA) is 118 Å². The Morgan fingerprint density at radius 2 is 1.59 bits per heavy atom. The molecule has 5 aromatic rings. The van der Waals surface area contributed by atoms with Crippen molar-refractivity contribution in [1.82, 2.24) is 5.32 Å². The third-order valence-electron chi connectivity index (χ3n) is 6.72. The monoisotopic (exact) mass is 752 g/mol. The molecule has 1 unspecified atom stereocenters. The first-order valence-corrected chi connectivity index (χ1v) is 16.1. The van der Waals surface area contributed by atoms with E-state index in [0.717, 1.165) is 30.0 Å². The second-order valence-corrected chi connectivity index (χ2v) is 13.7. The lowest BCUT2D eigenvalue weighted by atomic mass is 10.0. The van der Waals surface area contributed by atoms with Crippen LogP contribution < -0.4 is 10.6 Å². The zero-order chi connectivity index (χ0) is 33.0. The molecule has 0 aliphatic carbocycles. The van der Waals surface area contributed by atoms with E-state index >= 15 is 0 Å². The SMILES string of the molecule is CC(C)(C)OC(=O)Nc1ccc(-c2ccc(-c3ccc(CC(NC(=O)c4ccc(-c5ccc(F)cc5)o4)C(=O)O)cc3I)s2)cc1. The predicted molar refractivity (Wildman–Crippen MR) is 184 cm³/mol. The summed E-state index contributed by atoms with van der Waals surface area (Å²) in [5.41, 5.74) is 3.39. The van der Waals surface area contributed by atoms with Crippen molar-refractivity contribution in [2.45, 2.75) is 38.8 Å². The lowest BCUT2D eigenvalue weighted by Gasteiger charge is -2.19. The normalized spacial score (nSPS) is 11.9. The number of halogens is 2. The van der Waals surface area contributed by atoms with Gasteiger partial charge in [0.05, 0.1) is 0 Å². The number of benzene rings is 3. The molecule has 0 radical (unpaired) electrons. The van der Waals surface area contributed by atoms with Gasteiger partial charge in [-0.3, -0.25) is 10.1 Å². The first-order chi connectivity index (χ1) is 21.8. The van der Waals surface area contributed by atoms with Crippen LogP contribution in [0.5, 0.6) is 0 Å². The molecule has 236 valence electrons. The molecule has 0 aliphatic heterocycles. The molecule has 2 amide bonds. The highest BCUT2D eigenvalue weighted by atomic mass is 127. The van der Waals surface area contributed by atoms with Gasteiger partial charge in [-0.25, -0.2) is 14.0 Å². The van der Waals surface area contributed by atoms with Crippen molar-refractivity contribution in [2.24, 2.45) is 0 Å². The van der Waals surface area contributed by atoms with E-state index in [2.05, 4.69) is 33.2 Å². The van der Waals surface area contributed by atoms with Crippen LogP contribution in [0.3, 0.4) is 0 Å². The van der Waals surface area contributed by atoms with E-state index < -0.39 is 35.4 Å². The molecule has 0 spiro atoms. The minimum atomic E-state index is -1.19. The molecule has 3 aromatic carbocycles. The number of carboxylic acids is 1. The van der Waals surface area contributed by atoms with Crippen molar-refractivity contribution in [2.75, 3.05) is 5.32 Å². The first kappa shape index (κ1) is 32.9. The fraction of sp³-hybridized carbons (Fsp3) is 0.171. The minimum absolute atomic E-state index is 0.0436. The van der Waals surface area contributed by atoms with E-state index in [-0.39, 0.29) is 12.2 Å². The van der Waals surface area contributed by atoms with Gasteiger partial charge in [0.15, 0.2) is 5.76 Å². The van der Waals surface area contributed by atoms with Crippen molar-refractivity contribution in [3.05, 3.63) is 112 Å². The van der Waals surface area contributed by atoms with Gasteiger partial charge in [0, 0.05) is 36.6 Å². The lowest BCUT2D eigenvalue weighted by Crippen LogP contribution is -2.42. The summed E-state index contributed by atoms with van der Waals surface area (Å²) >= 11 is 3.84. The second kappa shape index (κ2) is 13.9. The van der Waals surface area contributed by atoms with Gasteiger partial charge >= 0.3 is 12.1 Å². The number of hydrogen-bond donors (Lipinski definition) is 3. The molecule has 0 saturated heterocycles. The number of ether oxygens (including phenoxy) is 1. The van der Waals surface area contributed by atoms with E-state index in [9.17, 15) is 23.9 Å². The average molecular weight is 753 g/mol. The summed E-state index contributed by atoms with van der Waals surface area (Å²) in [5.74, 6) is -1.90. The van der Waals surface area contributed by atoms with E-state index in [1.165, 1.54) is 30.3 Å². The Labute approximate surface area is 282 Å². The first-order valence-electron chi connectivity index (χ1n) is 14.2. The van der Waals surface area contributed by atoms with Crippen molar-refractivity contribution in [3.8, 4) is 32.2 Å². The summed E-state index contributed by atoms with van der Waals surface area (Å²) in [4.78, 5) is 39.0. The van der Waals surface area contributed by atoms with Gasteiger partial charge in [-0.2, -0.15) is 0 Å². The summed E-state index contributed by atoms with van der Waals surface area (Å²) < 4.78 is 25.1. The lowest BCUT2D eigenvalue weighted by molar-refractivity contribution is -0.139. The Morgan fingerprint density at radius 3 is 2.24 bits per heavy atom. The Hall–Kier alpha value is -4.49. The van der Waals surface area contributed by atoms with Crippen molar-refractivity contribution in [1.29, 1.82) is 0 Å². The van der Waals surface area contributed by atoms with E-state index in [4.69, 9.17) is 9.15 Å². The number of furan rings is 1. The average Bonchev–Trinajstić information content (AvgIpc) is 3.68. The summed E-state index contributed by atoms with van der Waals surface area (Å²) in [5, 5.41) is 15.1. The molecule has 11 heteroatoms. The molecular formula is C35H30FIN2O6S. The summed E-state index contributed by atoms with van der Waals surface area (Å²) in [6.45, 7) is 5.43. The number of nitrogens with one attached hydrogen (secondary N) is 2. The van der Waals surface area contributed by atoms with Crippen LogP contribution in [0, 0.1) is 9.39 Å². The molecule has 0 saturated carbocycles. The van der Waals surface area contributed by atoms with E-state index in [1.807, 2.05) is 75.4 Å². The standard InChI is InChI=1S/C35H30FIN2O6S/c1-35(2,3)45-34(43)38-24-11-7-22(8-12-24)30-16-17-31(46-30)25-13-4-20(18-26(25)37)19-27(33(41)42)39-32(40)29-15-14-28(44-29)21-5-9-23(36)10-6-21/h4-18,27H,19H2,1-3H3,(H,38,43)(H,39,40)(H,41,42). The van der Waals surface area contributed by atoms with Crippen LogP contribution in [0.15, 0.2) is 95.4 Å². The Balaban J connectivity index is 1.23. The number of carboxylic acid groups (broad SMARTS) is 1. The van der Waals surface area contributed by atoms with Crippen LogP contribution in [-0.4, -0.2) is 34.7 Å². The number of carbonyl (C=O) groups is 3. The van der Waals surface area contributed by atoms with Crippen molar-refractivity contribution < 1.29 is 33.0 Å². The maximum atomic E-state index is 13.2. The molecule has 5 rings (SSSR count). The molecule has 2 heterocycles. The smallest absolute Gasteiger partial charge is 0.412 e. The third kappa shape index (κ3) is 8.40. The minimum Gasteiger partial charge on any atom is -0.480 e. The molecule has 2 aromatic heterocycles. The molecule has 0 fully saturated rings. The molecular weight excluding hydrogens is 722 g/mol. The highest BCUT2D eigenvalue weighted by Crippen LogP contribution is 2.37. The number of thiophene rings is 1. The molecule has 1 atom stereocenters. The van der Waals surface area contributed by atoms with Gasteiger partial charge in [0.25, 0.3) is 5.91 Å². The highest BCUT2D eigenvalue weighted by Gasteiger charge is 2.24. The van der Waals surface area contributed by atoms with Crippen molar-refractivity contribution in [3.63, 3.8) is 0 Å². The molecule has 46 heavy (non-hydrogen) atoms. The second-order valence-electron chi connectivity index (χ2n) is 11.4. The molecule has 0 aliphatic rings. The fourth-order valence-electron chi connectivity index (χ4n) is 4.56. The van der Waals surface area contributed by atoms with Crippen LogP contribution in [0.4, 0.5) is 14.9 Å². The van der Waals surface area contributed by atoms with Gasteiger partial charge < -0.3 is 19.6 Å². The number of aliphatic carboxylic acids is 1. The van der Waals surface area contributed by atoms with Crippen molar-refractivity contribution >= 4 is 57.6 Å². The Kier molecular flexibility index (Phi) is 9.92. The zero-order valence-electron chi connectivity index (χ0n) is 25.1. The van der Waals surface area contributed by atoms with Crippen LogP contribution in [-0.2, 0) is 16.0 Å². The third-order valence-corrected chi connectivity index (χ3v) is 8.78. The zero-order valence-corrected chi connectivity index (χ0v) is 28.1. The Morgan fingerprint density at radius 1 is 0.913 bits per heavy atom. The van der Waals surface area contributed by atoms with Gasteiger partial charge in [-0.05, 0) is 121 Å². The predicted octanol–water partition coefficient (Wildman–Crippen LogP) is 8.86. The fourth-order valence-corrected chi connectivity index (χ4v) is 6.66. The number of hydrogen-bond acceptors (Lipinski definition) is 6. The maximum Gasteiger partial charge on any atom is 0.412 e. The number of rotatable bonds is 9. The van der Waals surface area contributed by atoms with Crippen LogP contribution in [0.2, 0.25) is 0 Å². The van der Waals surface area contributed by atoms with E-state index in [0.29, 0.717) is 17.0 Å². The van der Waals surface area contributed by atoms with Crippen LogP contribution in [0.1, 0.15) is 36.9 Å². The maximum absolute atomic E-state index is 13.2. The van der Waals surface area contributed by atoms with Crippen LogP contribution in [0.25, 0.3) is 32.2 Å². The highest BCUT2D eigenvalue weighted by molar-refractivity contribution is 14.1. The summed E-state index contributed by atoms with van der Waals surface area (Å²) in [7, 11) is 0. The van der Waals surface area contributed by atoms with Gasteiger partial charge in [-0.15, -0.1) is 11.3 Å². The number of carbonyl (C=O) groups excluding carboxylic acids is 2. The molecule has 3 N–H and O–H groups in total. The number of anilines is 1. The quantitative estimate of drug-likeness (QED) is 0.130. The van der Waals surface area contributed by atoms with E-state index in [1.54, 1.807) is 17.4 Å². The summed E-state index contributed by atoms with van der Waals surface area (Å²) in [6.07, 6.45) is -0.439. The molecule has 8 nitrogen and oxygen atoms in total. The van der Waals surface area contributed by atoms with Crippen LogP contribution >= 0.6 is 33.9 Å². The van der Waals surface area contributed by atoms with Gasteiger partial charge in [0.2, 0.25) is 0 Å². The van der Waals surface area contributed by atoms with Gasteiger partial charge in [0.1, 0.15) is 23.2 Å². The molecule has 0 bridgehead atoms.